The van der Waals surface area contributed by atoms with Gasteiger partial charge in [-0.2, -0.15) is 0 Å². The topological polar surface area (TPSA) is 9.23 Å². The molecule has 1 rings (SSSR count). The molecule has 0 bridgehead atoms. The summed E-state index contributed by atoms with van der Waals surface area (Å²) in [4.78, 5) is 0. The Kier molecular flexibility index (Phi) is 9.14. The van der Waals surface area contributed by atoms with Crippen LogP contribution >= 0.6 is 0 Å². The summed E-state index contributed by atoms with van der Waals surface area (Å²) in [6.07, 6.45) is 8.25. The van der Waals surface area contributed by atoms with Gasteiger partial charge in [-0.05, 0) is 0 Å². The SMILES string of the molecule is CCC[CH2][Ge]([CH2]CCC)([CH2]CCC)[c]1ccc(OC)cc1. The van der Waals surface area contributed by atoms with Crippen molar-refractivity contribution in [2.75, 3.05) is 7.11 Å². The zero-order valence-electron chi connectivity index (χ0n) is 14.6. The summed E-state index contributed by atoms with van der Waals surface area (Å²) >= 11 is -1.92. The second kappa shape index (κ2) is 10.3. The molecule has 0 N–H and O–H groups in total. The number of benzene rings is 1. The molecule has 0 aliphatic rings. The van der Waals surface area contributed by atoms with Crippen molar-refractivity contribution < 1.29 is 4.74 Å². The molecule has 0 amide bonds. The molecule has 1 aromatic rings. The van der Waals surface area contributed by atoms with Gasteiger partial charge in [-0.1, -0.05) is 0 Å². The molecular weight excluding hydrogens is 317 g/mol. The van der Waals surface area contributed by atoms with Crippen LogP contribution in [0.2, 0.25) is 15.8 Å². The summed E-state index contributed by atoms with van der Waals surface area (Å²) in [5.74, 6) is 0.997. The molecule has 120 valence electrons. The van der Waals surface area contributed by atoms with Crippen LogP contribution in [0.25, 0.3) is 0 Å². The number of unbranched alkanes of at least 4 members (excludes halogenated alkanes) is 3. The first-order valence-electron chi connectivity index (χ1n) is 8.87. The van der Waals surface area contributed by atoms with Gasteiger partial charge in [0.25, 0.3) is 0 Å². The molecule has 0 saturated heterocycles. The van der Waals surface area contributed by atoms with Crippen LogP contribution in [-0.2, 0) is 0 Å². The minimum atomic E-state index is -1.92. The molecule has 0 saturated carbocycles. The van der Waals surface area contributed by atoms with E-state index in [0.29, 0.717) is 0 Å². The minimum absolute atomic E-state index is 0.997. The van der Waals surface area contributed by atoms with Crippen molar-refractivity contribution in [3.63, 3.8) is 0 Å². The Morgan fingerprint density at radius 1 is 0.762 bits per heavy atom. The molecule has 0 heterocycles. The Morgan fingerprint density at radius 3 is 1.52 bits per heavy atom. The van der Waals surface area contributed by atoms with E-state index in [1.54, 1.807) is 11.5 Å². The maximum atomic E-state index is 5.35. The van der Waals surface area contributed by atoms with Crippen molar-refractivity contribution in [3.05, 3.63) is 24.3 Å². The van der Waals surface area contributed by atoms with E-state index in [2.05, 4.69) is 45.0 Å². The fourth-order valence-electron chi connectivity index (χ4n) is 3.30. The van der Waals surface area contributed by atoms with Crippen LogP contribution < -0.4 is 9.13 Å². The van der Waals surface area contributed by atoms with Crippen LogP contribution in [0.1, 0.15) is 59.3 Å². The second-order valence-corrected chi connectivity index (χ2v) is 16.1. The first-order valence-corrected chi connectivity index (χ1v) is 14.4. The molecule has 21 heavy (non-hydrogen) atoms. The van der Waals surface area contributed by atoms with Crippen molar-refractivity contribution in [2.24, 2.45) is 0 Å². The molecule has 0 unspecified atom stereocenters. The van der Waals surface area contributed by atoms with Gasteiger partial charge in [0, 0.05) is 0 Å². The molecule has 0 atom stereocenters. The number of hydrogen-bond acceptors (Lipinski definition) is 1. The first kappa shape index (κ1) is 18.6. The van der Waals surface area contributed by atoms with Gasteiger partial charge in [-0.25, -0.2) is 0 Å². The second-order valence-electron chi connectivity index (χ2n) is 6.32. The summed E-state index contributed by atoms with van der Waals surface area (Å²) in [5, 5.41) is 4.55. The Bertz CT molecular complexity index is 350. The van der Waals surface area contributed by atoms with E-state index < -0.39 is 13.3 Å². The van der Waals surface area contributed by atoms with Crippen LogP contribution in [-0.4, -0.2) is 20.4 Å². The fourth-order valence-corrected chi connectivity index (χ4v) is 15.0. The molecule has 1 nitrogen and oxygen atoms in total. The van der Waals surface area contributed by atoms with Crippen LogP contribution in [0.4, 0.5) is 0 Å². The van der Waals surface area contributed by atoms with E-state index in [1.165, 1.54) is 54.3 Å². The Balaban J connectivity index is 3.02. The average Bonchev–Trinajstić information content (AvgIpc) is 2.55. The van der Waals surface area contributed by atoms with Crippen molar-refractivity contribution in [2.45, 2.75) is 75.1 Å². The summed E-state index contributed by atoms with van der Waals surface area (Å²) < 4.78 is 7.06. The average molecular weight is 351 g/mol. The van der Waals surface area contributed by atoms with E-state index in [-0.39, 0.29) is 0 Å². The van der Waals surface area contributed by atoms with E-state index in [4.69, 9.17) is 4.74 Å². The molecule has 0 radical (unpaired) electrons. The summed E-state index contributed by atoms with van der Waals surface area (Å²) in [6, 6.07) is 9.14. The number of rotatable bonds is 11. The van der Waals surface area contributed by atoms with Crippen LogP contribution in [0.5, 0.6) is 5.75 Å². The first-order chi connectivity index (χ1) is 10.2. The van der Waals surface area contributed by atoms with Gasteiger partial charge < -0.3 is 0 Å². The molecule has 0 aliphatic carbocycles. The summed E-state index contributed by atoms with van der Waals surface area (Å²) in [6.45, 7) is 7.00. The Hall–Kier alpha value is -0.437. The molecule has 0 aromatic heterocycles. The third-order valence-corrected chi connectivity index (χ3v) is 16.2. The molecule has 1 aromatic carbocycles. The van der Waals surface area contributed by atoms with Crippen molar-refractivity contribution in [1.29, 1.82) is 0 Å². The van der Waals surface area contributed by atoms with Crippen LogP contribution in [0.15, 0.2) is 24.3 Å². The van der Waals surface area contributed by atoms with Crippen LogP contribution in [0, 0.1) is 0 Å². The number of methoxy groups -OCH3 is 1. The standard InChI is InChI=1S/C19H34GeO/c1-5-8-15-20(16-9-6-2,17-10-7-3)18-11-13-19(21-4)14-12-18/h11-14H,5-10,15-17H2,1-4H3. The van der Waals surface area contributed by atoms with Gasteiger partial charge >= 0.3 is 135 Å². The van der Waals surface area contributed by atoms with Crippen molar-refractivity contribution in [1.82, 2.24) is 0 Å². The number of ether oxygens (including phenoxy) is 1. The Labute approximate surface area is 134 Å². The van der Waals surface area contributed by atoms with Gasteiger partial charge in [0.2, 0.25) is 0 Å². The predicted molar refractivity (Wildman–Crippen MR) is 97.5 cm³/mol. The zero-order valence-corrected chi connectivity index (χ0v) is 16.7. The van der Waals surface area contributed by atoms with E-state index in [0.717, 1.165) is 5.75 Å². The van der Waals surface area contributed by atoms with Crippen molar-refractivity contribution in [3.8, 4) is 5.75 Å². The third kappa shape index (κ3) is 5.69. The van der Waals surface area contributed by atoms with Gasteiger partial charge in [0.1, 0.15) is 0 Å². The summed E-state index contributed by atoms with van der Waals surface area (Å²) in [5.41, 5.74) is 0. The normalized spacial score (nSPS) is 11.6. The Morgan fingerprint density at radius 2 is 1.19 bits per heavy atom. The zero-order chi connectivity index (χ0) is 15.6. The molecule has 2 heteroatoms. The van der Waals surface area contributed by atoms with E-state index in [9.17, 15) is 0 Å². The van der Waals surface area contributed by atoms with Gasteiger partial charge in [0.15, 0.2) is 0 Å². The molecule has 0 aliphatic heterocycles. The van der Waals surface area contributed by atoms with Gasteiger partial charge in [-0.3, -0.25) is 0 Å². The van der Waals surface area contributed by atoms with Crippen molar-refractivity contribution >= 4 is 17.7 Å². The fraction of sp³-hybridized carbons (Fsp3) is 0.684. The third-order valence-electron chi connectivity index (χ3n) is 4.73. The van der Waals surface area contributed by atoms with E-state index in [1.807, 2.05) is 0 Å². The number of hydrogen-bond donors (Lipinski definition) is 0. The monoisotopic (exact) mass is 352 g/mol. The summed E-state index contributed by atoms with van der Waals surface area (Å²) in [7, 11) is 1.76. The van der Waals surface area contributed by atoms with E-state index >= 15 is 0 Å². The van der Waals surface area contributed by atoms with Gasteiger partial charge in [-0.15, -0.1) is 0 Å². The maximum absolute atomic E-state index is 5.35. The quantitative estimate of drug-likeness (QED) is 0.461. The predicted octanol–water partition coefficient (Wildman–Crippen LogP) is 5.75. The molecule has 0 fully saturated rings. The van der Waals surface area contributed by atoms with Crippen LogP contribution in [0.3, 0.4) is 0 Å². The molecular formula is C19H34GeO. The molecule has 0 spiro atoms. The van der Waals surface area contributed by atoms with Gasteiger partial charge in [0.05, 0.1) is 0 Å².